The summed E-state index contributed by atoms with van der Waals surface area (Å²) in [6.45, 7) is 0. The smallest absolute Gasteiger partial charge is 0.264 e. The van der Waals surface area contributed by atoms with Crippen LogP contribution >= 0.6 is 15.9 Å². The van der Waals surface area contributed by atoms with Gasteiger partial charge in [-0.3, -0.25) is 4.72 Å². The molecular weight excluding hydrogens is 373 g/mol. The molecule has 0 saturated heterocycles. The van der Waals surface area contributed by atoms with Crippen LogP contribution in [0.3, 0.4) is 0 Å². The van der Waals surface area contributed by atoms with E-state index in [1.807, 2.05) is 4.72 Å². The third-order valence-electron chi connectivity index (χ3n) is 2.50. The highest BCUT2D eigenvalue weighted by molar-refractivity contribution is 9.10. The Kier molecular flexibility index (Phi) is 4.15. The number of rotatable bonds is 3. The van der Waals surface area contributed by atoms with Crippen LogP contribution in [-0.2, 0) is 10.0 Å². The lowest BCUT2D eigenvalue weighted by Crippen LogP contribution is -2.16. The minimum atomic E-state index is -4.38. The zero-order valence-electron chi connectivity index (χ0n) is 10.2. The molecule has 0 aliphatic heterocycles. The summed E-state index contributed by atoms with van der Waals surface area (Å²) >= 11 is 2.80. The molecule has 0 aliphatic rings. The number of halogens is 4. The van der Waals surface area contributed by atoms with Crippen LogP contribution in [0.4, 0.5) is 24.5 Å². The molecular formula is C12H8BrF3N2O2S. The molecule has 0 spiro atoms. The van der Waals surface area contributed by atoms with Gasteiger partial charge in [0.1, 0.15) is 22.3 Å². The van der Waals surface area contributed by atoms with E-state index < -0.39 is 38.1 Å². The van der Waals surface area contributed by atoms with Gasteiger partial charge in [-0.15, -0.1) is 0 Å². The standard InChI is InChI=1S/C12H8BrF3N2O2S/c13-7-4-11(9(15)5-8(7)14)18-21(19,20)12-2-1-6(17)3-10(12)16/h1-5,18H,17H2. The molecule has 0 amide bonds. The first-order chi connectivity index (χ1) is 9.70. The van der Waals surface area contributed by atoms with E-state index in [9.17, 15) is 21.6 Å². The Hall–Kier alpha value is -1.74. The number of benzene rings is 2. The van der Waals surface area contributed by atoms with Crippen LogP contribution in [0.5, 0.6) is 0 Å². The van der Waals surface area contributed by atoms with Gasteiger partial charge < -0.3 is 5.73 Å². The fourth-order valence-electron chi connectivity index (χ4n) is 1.54. The van der Waals surface area contributed by atoms with Gasteiger partial charge in [-0.25, -0.2) is 21.6 Å². The summed E-state index contributed by atoms with van der Waals surface area (Å²) in [6, 6.07) is 4.36. The summed E-state index contributed by atoms with van der Waals surface area (Å²) in [5.74, 6) is -3.10. The number of hydrogen-bond acceptors (Lipinski definition) is 3. The normalized spacial score (nSPS) is 11.4. The second-order valence-corrected chi connectivity index (χ2v) is 6.55. The van der Waals surface area contributed by atoms with Crippen molar-refractivity contribution in [3.8, 4) is 0 Å². The van der Waals surface area contributed by atoms with Gasteiger partial charge in [-0.1, -0.05) is 0 Å². The number of sulfonamides is 1. The summed E-state index contributed by atoms with van der Waals surface area (Å²) < 4.78 is 66.0. The van der Waals surface area contributed by atoms with Crippen LogP contribution in [0.25, 0.3) is 0 Å². The maximum absolute atomic E-state index is 13.6. The first-order valence-corrected chi connectivity index (χ1v) is 7.71. The Balaban J connectivity index is 2.45. The van der Waals surface area contributed by atoms with Gasteiger partial charge in [0.05, 0.1) is 10.2 Å². The lowest BCUT2D eigenvalue weighted by atomic mass is 10.3. The molecule has 0 saturated carbocycles. The molecule has 0 bridgehead atoms. The highest BCUT2D eigenvalue weighted by Gasteiger charge is 2.21. The maximum atomic E-state index is 13.6. The quantitative estimate of drug-likeness (QED) is 0.634. The van der Waals surface area contributed by atoms with Crippen LogP contribution in [-0.4, -0.2) is 8.42 Å². The second-order valence-electron chi connectivity index (χ2n) is 4.04. The Morgan fingerprint density at radius 2 is 1.67 bits per heavy atom. The topological polar surface area (TPSA) is 72.2 Å². The predicted molar refractivity (Wildman–Crippen MR) is 75.7 cm³/mol. The summed E-state index contributed by atoms with van der Waals surface area (Å²) in [7, 11) is -4.38. The van der Waals surface area contributed by atoms with Crippen LogP contribution < -0.4 is 10.5 Å². The minimum Gasteiger partial charge on any atom is -0.399 e. The van der Waals surface area contributed by atoms with Crippen LogP contribution in [0.1, 0.15) is 0 Å². The van der Waals surface area contributed by atoms with Crippen molar-refractivity contribution < 1.29 is 21.6 Å². The average Bonchev–Trinajstić information content (AvgIpc) is 2.35. The van der Waals surface area contributed by atoms with Gasteiger partial charge in [0.2, 0.25) is 0 Å². The van der Waals surface area contributed by atoms with Crippen LogP contribution in [0, 0.1) is 17.5 Å². The monoisotopic (exact) mass is 380 g/mol. The van der Waals surface area contributed by atoms with Gasteiger partial charge in [0.25, 0.3) is 10.0 Å². The van der Waals surface area contributed by atoms with Gasteiger partial charge >= 0.3 is 0 Å². The number of nitrogens with one attached hydrogen (secondary N) is 1. The number of hydrogen-bond donors (Lipinski definition) is 2. The molecule has 0 unspecified atom stereocenters. The maximum Gasteiger partial charge on any atom is 0.264 e. The van der Waals surface area contributed by atoms with Gasteiger partial charge in [0, 0.05) is 11.8 Å². The first-order valence-electron chi connectivity index (χ1n) is 5.43. The van der Waals surface area contributed by atoms with E-state index in [2.05, 4.69) is 15.9 Å². The van der Waals surface area contributed by atoms with Crippen molar-refractivity contribution in [2.75, 3.05) is 10.5 Å². The zero-order valence-corrected chi connectivity index (χ0v) is 12.6. The molecule has 112 valence electrons. The van der Waals surface area contributed by atoms with E-state index in [0.29, 0.717) is 6.07 Å². The molecule has 0 aliphatic carbocycles. The fourth-order valence-corrected chi connectivity index (χ4v) is 3.00. The number of anilines is 2. The predicted octanol–water partition coefficient (Wildman–Crippen LogP) is 3.25. The third-order valence-corrected chi connectivity index (χ3v) is 4.51. The van der Waals surface area contributed by atoms with Crippen molar-refractivity contribution in [3.63, 3.8) is 0 Å². The Bertz CT molecular complexity index is 812. The summed E-state index contributed by atoms with van der Waals surface area (Å²) in [5.41, 5.74) is 4.85. The molecule has 2 aromatic carbocycles. The highest BCUT2D eigenvalue weighted by Crippen LogP contribution is 2.26. The van der Waals surface area contributed by atoms with Crippen molar-refractivity contribution in [2.24, 2.45) is 0 Å². The lowest BCUT2D eigenvalue weighted by molar-refractivity contribution is 0.567. The van der Waals surface area contributed by atoms with Crippen molar-refractivity contribution >= 4 is 37.3 Å². The molecule has 21 heavy (non-hydrogen) atoms. The number of nitrogen functional groups attached to an aromatic ring is 1. The molecule has 9 heteroatoms. The van der Waals surface area contributed by atoms with Crippen LogP contribution in [0.15, 0.2) is 39.7 Å². The Labute approximate surface area is 127 Å². The Morgan fingerprint density at radius 3 is 2.29 bits per heavy atom. The molecule has 2 aromatic rings. The molecule has 0 aromatic heterocycles. The molecule has 2 rings (SSSR count). The van der Waals surface area contributed by atoms with E-state index in [1.165, 1.54) is 6.07 Å². The SMILES string of the molecule is Nc1ccc(S(=O)(=O)Nc2cc(Br)c(F)cc2F)c(F)c1. The summed E-state index contributed by atoms with van der Waals surface area (Å²) in [5, 5.41) is 0. The summed E-state index contributed by atoms with van der Waals surface area (Å²) in [6.07, 6.45) is 0. The largest absolute Gasteiger partial charge is 0.399 e. The first kappa shape index (κ1) is 15.6. The van der Waals surface area contributed by atoms with E-state index in [1.54, 1.807) is 0 Å². The van der Waals surface area contributed by atoms with E-state index in [0.717, 1.165) is 18.2 Å². The van der Waals surface area contributed by atoms with Crippen molar-refractivity contribution in [3.05, 3.63) is 52.3 Å². The number of nitrogens with two attached hydrogens (primary N) is 1. The molecule has 0 fully saturated rings. The van der Waals surface area contributed by atoms with Gasteiger partial charge in [0.15, 0.2) is 0 Å². The van der Waals surface area contributed by atoms with Crippen molar-refractivity contribution in [2.45, 2.75) is 4.90 Å². The van der Waals surface area contributed by atoms with E-state index in [4.69, 9.17) is 5.73 Å². The molecule has 0 radical (unpaired) electrons. The lowest BCUT2D eigenvalue weighted by Gasteiger charge is -2.10. The van der Waals surface area contributed by atoms with Gasteiger partial charge in [-0.05, 0) is 40.2 Å². The van der Waals surface area contributed by atoms with E-state index >= 15 is 0 Å². The fraction of sp³-hybridized carbons (Fsp3) is 0. The van der Waals surface area contributed by atoms with E-state index in [-0.39, 0.29) is 10.2 Å². The zero-order chi connectivity index (χ0) is 15.8. The van der Waals surface area contributed by atoms with Gasteiger partial charge in [-0.2, -0.15) is 0 Å². The molecule has 0 atom stereocenters. The summed E-state index contributed by atoms with van der Waals surface area (Å²) in [4.78, 5) is -0.698. The average molecular weight is 381 g/mol. The molecule has 0 heterocycles. The minimum absolute atomic E-state index is 0.0437. The Morgan fingerprint density at radius 1 is 1.00 bits per heavy atom. The highest BCUT2D eigenvalue weighted by atomic mass is 79.9. The van der Waals surface area contributed by atoms with Crippen LogP contribution in [0.2, 0.25) is 0 Å². The second kappa shape index (κ2) is 5.57. The van der Waals surface area contributed by atoms with Crippen molar-refractivity contribution in [1.82, 2.24) is 0 Å². The molecule has 3 N–H and O–H groups in total. The third kappa shape index (κ3) is 3.30. The van der Waals surface area contributed by atoms with Crippen molar-refractivity contribution in [1.29, 1.82) is 0 Å². The molecule has 4 nitrogen and oxygen atoms in total.